The Morgan fingerprint density at radius 3 is 2.44 bits per heavy atom. The molecular formula is C25H28FN3O3. The zero-order chi connectivity index (χ0) is 22.5. The Balaban J connectivity index is 1.49. The van der Waals surface area contributed by atoms with Gasteiger partial charge in [0.15, 0.2) is 0 Å². The van der Waals surface area contributed by atoms with E-state index in [9.17, 15) is 14.0 Å². The van der Waals surface area contributed by atoms with E-state index in [0.29, 0.717) is 29.3 Å². The summed E-state index contributed by atoms with van der Waals surface area (Å²) in [7, 11) is 1.32. The second-order valence-electron chi connectivity index (χ2n) is 8.38. The number of hydrogen-bond donors (Lipinski definition) is 2. The minimum absolute atomic E-state index is 0.352. The first-order valence-electron chi connectivity index (χ1n) is 10.9. The number of rotatable bonds is 6. The molecule has 0 spiro atoms. The fourth-order valence-electron chi connectivity index (χ4n) is 4.52. The Labute approximate surface area is 187 Å². The summed E-state index contributed by atoms with van der Waals surface area (Å²) < 4.78 is 18.4. The Morgan fingerprint density at radius 2 is 1.78 bits per heavy atom. The number of amides is 2. The highest BCUT2D eigenvalue weighted by Crippen LogP contribution is 2.29. The minimum atomic E-state index is -0.692. The van der Waals surface area contributed by atoms with E-state index < -0.39 is 12.0 Å². The number of urea groups is 1. The van der Waals surface area contributed by atoms with Gasteiger partial charge in [-0.25, -0.2) is 14.0 Å². The number of halogens is 1. The molecule has 0 aliphatic carbocycles. The number of piperidine rings is 1. The first kappa shape index (κ1) is 22.0. The van der Waals surface area contributed by atoms with E-state index in [1.54, 1.807) is 12.1 Å². The van der Waals surface area contributed by atoms with Crippen molar-refractivity contribution in [2.75, 3.05) is 26.7 Å². The molecule has 0 radical (unpaired) electrons. The third-order valence-corrected chi connectivity index (χ3v) is 6.22. The number of nitrogens with one attached hydrogen (secondary N) is 2. The monoisotopic (exact) mass is 437 g/mol. The highest BCUT2D eigenvalue weighted by Gasteiger charge is 2.34. The molecule has 6 nitrogen and oxygen atoms in total. The summed E-state index contributed by atoms with van der Waals surface area (Å²) in [4.78, 5) is 27.3. The van der Waals surface area contributed by atoms with Crippen molar-refractivity contribution in [1.82, 2.24) is 15.5 Å². The van der Waals surface area contributed by atoms with Crippen molar-refractivity contribution < 1.29 is 18.7 Å². The zero-order valence-electron chi connectivity index (χ0n) is 18.1. The molecule has 1 atom stereocenters. The molecule has 2 aliphatic rings. The highest BCUT2D eigenvalue weighted by atomic mass is 19.1. The molecule has 168 valence electrons. The number of nitrogens with zero attached hydrogens (tertiary/aromatic N) is 1. The molecular weight excluding hydrogens is 409 g/mol. The molecule has 1 unspecified atom stereocenters. The second kappa shape index (κ2) is 9.96. The molecule has 2 aromatic carbocycles. The molecule has 4 rings (SSSR count). The van der Waals surface area contributed by atoms with E-state index in [2.05, 4.69) is 39.8 Å². The lowest BCUT2D eigenvalue weighted by Crippen LogP contribution is -2.49. The van der Waals surface area contributed by atoms with E-state index in [4.69, 9.17) is 4.74 Å². The molecule has 1 fully saturated rings. The first-order chi connectivity index (χ1) is 15.5. The van der Waals surface area contributed by atoms with Crippen LogP contribution in [-0.2, 0) is 16.0 Å². The maximum atomic E-state index is 13.4. The van der Waals surface area contributed by atoms with Crippen LogP contribution in [0.2, 0.25) is 0 Å². The summed E-state index contributed by atoms with van der Waals surface area (Å²) in [5, 5.41) is 5.57. The van der Waals surface area contributed by atoms with Gasteiger partial charge in [0.05, 0.1) is 18.7 Å². The molecule has 2 heterocycles. The standard InChI is InChI=1S/C25H28FN3O3/c1-32-24(30)22-21(27-25(31)28-23(22)19-7-9-20(26)10-8-19)16-29-13-11-18(12-14-29)15-17-5-3-2-4-6-17/h2-10,18,23H,11-16H2,1H3,(H2,27,28,31). The van der Waals surface area contributed by atoms with Gasteiger partial charge in [0.25, 0.3) is 0 Å². The number of hydrogen-bond acceptors (Lipinski definition) is 4. The predicted molar refractivity (Wildman–Crippen MR) is 119 cm³/mol. The summed E-state index contributed by atoms with van der Waals surface area (Å²) in [6.45, 7) is 2.23. The number of carbonyl (C=O) groups is 2. The molecule has 0 aromatic heterocycles. The lowest BCUT2D eigenvalue weighted by Gasteiger charge is -2.35. The lowest BCUT2D eigenvalue weighted by molar-refractivity contribution is -0.136. The Hall–Kier alpha value is -3.19. The summed E-state index contributed by atoms with van der Waals surface area (Å²) >= 11 is 0. The van der Waals surface area contributed by atoms with Gasteiger partial charge in [0.1, 0.15) is 5.82 Å². The Bertz CT molecular complexity index is 983. The molecule has 7 heteroatoms. The van der Waals surface area contributed by atoms with Gasteiger partial charge in [-0.05, 0) is 61.5 Å². The summed E-state index contributed by atoms with van der Waals surface area (Å²) in [5.41, 5.74) is 2.87. The van der Waals surface area contributed by atoms with Crippen LogP contribution in [0.15, 0.2) is 65.9 Å². The first-order valence-corrected chi connectivity index (χ1v) is 10.9. The third-order valence-electron chi connectivity index (χ3n) is 6.22. The SMILES string of the molecule is COC(=O)C1=C(CN2CCC(Cc3ccccc3)CC2)NC(=O)NC1c1ccc(F)cc1. The molecule has 32 heavy (non-hydrogen) atoms. The fourth-order valence-corrected chi connectivity index (χ4v) is 4.52. The van der Waals surface area contributed by atoms with Crippen LogP contribution < -0.4 is 10.6 Å². The Kier molecular flexibility index (Phi) is 6.85. The molecule has 0 bridgehead atoms. The van der Waals surface area contributed by atoms with E-state index in [-0.39, 0.29) is 11.8 Å². The largest absolute Gasteiger partial charge is 0.466 e. The quantitative estimate of drug-likeness (QED) is 0.678. The van der Waals surface area contributed by atoms with Crippen molar-refractivity contribution in [1.29, 1.82) is 0 Å². The molecule has 2 aliphatic heterocycles. The third kappa shape index (κ3) is 5.16. The fraction of sp³-hybridized carbons (Fsp3) is 0.360. The van der Waals surface area contributed by atoms with Crippen molar-refractivity contribution in [3.8, 4) is 0 Å². The van der Waals surface area contributed by atoms with Crippen molar-refractivity contribution in [2.24, 2.45) is 5.92 Å². The molecule has 2 amide bonds. The number of methoxy groups -OCH3 is 1. The van der Waals surface area contributed by atoms with Crippen LogP contribution in [0.25, 0.3) is 0 Å². The van der Waals surface area contributed by atoms with Gasteiger partial charge in [-0.15, -0.1) is 0 Å². The van der Waals surface area contributed by atoms with Crippen LogP contribution >= 0.6 is 0 Å². The van der Waals surface area contributed by atoms with Crippen LogP contribution in [0.4, 0.5) is 9.18 Å². The van der Waals surface area contributed by atoms with E-state index in [1.807, 2.05) is 6.07 Å². The number of benzene rings is 2. The van der Waals surface area contributed by atoms with Gasteiger partial charge in [0.2, 0.25) is 0 Å². The smallest absolute Gasteiger partial charge is 0.338 e. The van der Waals surface area contributed by atoms with Gasteiger partial charge >= 0.3 is 12.0 Å². The predicted octanol–water partition coefficient (Wildman–Crippen LogP) is 3.56. The van der Waals surface area contributed by atoms with Crippen LogP contribution in [-0.4, -0.2) is 43.6 Å². The lowest BCUT2D eigenvalue weighted by atomic mass is 9.89. The topological polar surface area (TPSA) is 70.7 Å². The average Bonchev–Trinajstić information content (AvgIpc) is 2.81. The Morgan fingerprint density at radius 1 is 1.09 bits per heavy atom. The normalized spacial score (nSPS) is 19.9. The van der Waals surface area contributed by atoms with Crippen molar-refractivity contribution >= 4 is 12.0 Å². The molecule has 1 saturated heterocycles. The maximum absolute atomic E-state index is 13.4. The van der Waals surface area contributed by atoms with Crippen molar-refractivity contribution in [3.63, 3.8) is 0 Å². The summed E-state index contributed by atoms with van der Waals surface area (Å²) in [6, 6.07) is 15.2. The van der Waals surface area contributed by atoms with Gasteiger partial charge in [0, 0.05) is 12.2 Å². The second-order valence-corrected chi connectivity index (χ2v) is 8.38. The van der Waals surface area contributed by atoms with Gasteiger partial charge in [-0.3, -0.25) is 4.90 Å². The van der Waals surface area contributed by atoms with Crippen LogP contribution in [0, 0.1) is 11.7 Å². The van der Waals surface area contributed by atoms with Crippen LogP contribution in [0.1, 0.15) is 30.0 Å². The maximum Gasteiger partial charge on any atom is 0.338 e. The van der Waals surface area contributed by atoms with Crippen LogP contribution in [0.5, 0.6) is 0 Å². The molecule has 2 N–H and O–H groups in total. The van der Waals surface area contributed by atoms with E-state index >= 15 is 0 Å². The van der Waals surface area contributed by atoms with Crippen LogP contribution in [0.3, 0.4) is 0 Å². The van der Waals surface area contributed by atoms with Crippen molar-refractivity contribution in [2.45, 2.75) is 25.3 Å². The van der Waals surface area contributed by atoms with Gasteiger partial charge in [-0.2, -0.15) is 0 Å². The van der Waals surface area contributed by atoms with E-state index in [0.717, 1.165) is 32.4 Å². The molecule has 2 aromatic rings. The summed E-state index contributed by atoms with van der Waals surface area (Å²) in [5.74, 6) is -0.269. The van der Waals surface area contributed by atoms with Crippen molar-refractivity contribution in [3.05, 3.63) is 82.8 Å². The minimum Gasteiger partial charge on any atom is -0.466 e. The average molecular weight is 438 g/mol. The number of esters is 1. The van der Waals surface area contributed by atoms with Gasteiger partial charge < -0.3 is 15.4 Å². The highest BCUT2D eigenvalue weighted by molar-refractivity contribution is 5.95. The number of likely N-dealkylation sites (tertiary alicyclic amines) is 1. The zero-order valence-corrected chi connectivity index (χ0v) is 18.1. The van der Waals surface area contributed by atoms with E-state index in [1.165, 1.54) is 24.8 Å². The summed E-state index contributed by atoms with van der Waals surface area (Å²) in [6.07, 6.45) is 3.19. The number of carbonyl (C=O) groups excluding carboxylic acids is 2. The molecule has 0 saturated carbocycles. The number of ether oxygens (including phenoxy) is 1. The van der Waals surface area contributed by atoms with Gasteiger partial charge in [-0.1, -0.05) is 42.5 Å².